The van der Waals surface area contributed by atoms with Crippen molar-refractivity contribution < 1.29 is 9.84 Å². The van der Waals surface area contributed by atoms with Crippen LogP contribution in [-0.4, -0.2) is 11.7 Å². The van der Waals surface area contributed by atoms with Gasteiger partial charge in [0.05, 0.1) is 17.7 Å². The quantitative estimate of drug-likeness (QED) is 0.788. The molecule has 4 heteroatoms. The number of hydrogen-bond donors (Lipinski definition) is 2. The average Bonchev–Trinajstić information content (AvgIpc) is 2.48. The third-order valence-corrected chi connectivity index (χ3v) is 3.57. The van der Waals surface area contributed by atoms with Gasteiger partial charge in [-0.3, -0.25) is 0 Å². The molecule has 2 N–H and O–H groups in total. The minimum Gasteiger partial charge on any atom is -0.508 e. The lowest BCUT2D eigenvalue weighted by Gasteiger charge is -2.19. The maximum Gasteiger partial charge on any atom is 0.138 e. The average molecular weight is 306 g/mol. The molecule has 0 spiro atoms. The fourth-order valence-corrected chi connectivity index (χ4v) is 2.43. The fraction of sp³-hybridized carbons (Fsp3) is 0.294. The van der Waals surface area contributed by atoms with Crippen LogP contribution >= 0.6 is 11.6 Å². The highest BCUT2D eigenvalue weighted by Gasteiger charge is 2.10. The van der Waals surface area contributed by atoms with E-state index in [1.807, 2.05) is 37.3 Å². The number of ether oxygens (including phenoxy) is 1. The van der Waals surface area contributed by atoms with Crippen LogP contribution in [0.3, 0.4) is 0 Å². The summed E-state index contributed by atoms with van der Waals surface area (Å²) < 4.78 is 5.43. The van der Waals surface area contributed by atoms with Gasteiger partial charge in [-0.25, -0.2) is 0 Å². The summed E-state index contributed by atoms with van der Waals surface area (Å²) in [5.74, 6) is 0.972. The van der Waals surface area contributed by atoms with E-state index >= 15 is 0 Å². The summed E-state index contributed by atoms with van der Waals surface area (Å²) in [6.45, 7) is 4.64. The summed E-state index contributed by atoms with van der Waals surface area (Å²) >= 11 is 6.20. The van der Waals surface area contributed by atoms with Crippen molar-refractivity contribution >= 4 is 17.3 Å². The summed E-state index contributed by atoms with van der Waals surface area (Å²) in [6.07, 6.45) is 0.926. The van der Waals surface area contributed by atoms with Gasteiger partial charge in [-0.2, -0.15) is 0 Å². The van der Waals surface area contributed by atoms with E-state index in [9.17, 15) is 5.11 Å². The van der Waals surface area contributed by atoms with Crippen molar-refractivity contribution in [3.05, 3.63) is 53.1 Å². The van der Waals surface area contributed by atoms with Crippen LogP contribution in [0.4, 0.5) is 5.69 Å². The largest absolute Gasteiger partial charge is 0.508 e. The molecule has 112 valence electrons. The van der Waals surface area contributed by atoms with Crippen LogP contribution in [0.5, 0.6) is 11.5 Å². The molecule has 2 aromatic rings. The van der Waals surface area contributed by atoms with Crippen LogP contribution < -0.4 is 10.1 Å². The topological polar surface area (TPSA) is 41.5 Å². The number of rotatable bonds is 6. The summed E-state index contributed by atoms with van der Waals surface area (Å²) in [6, 6.07) is 13.1. The third-order valence-electron chi connectivity index (χ3n) is 3.28. The number of phenolic OH excluding ortho intramolecular Hbond substituents is 1. The molecule has 21 heavy (non-hydrogen) atoms. The number of hydrogen-bond acceptors (Lipinski definition) is 3. The van der Waals surface area contributed by atoms with E-state index in [2.05, 4.69) is 12.2 Å². The van der Waals surface area contributed by atoms with Crippen LogP contribution in [0, 0.1) is 0 Å². The van der Waals surface area contributed by atoms with Crippen molar-refractivity contribution in [1.82, 2.24) is 0 Å². The van der Waals surface area contributed by atoms with Crippen molar-refractivity contribution in [2.75, 3.05) is 11.9 Å². The molecule has 0 aliphatic heterocycles. The van der Waals surface area contributed by atoms with Crippen LogP contribution in [0.25, 0.3) is 0 Å². The van der Waals surface area contributed by atoms with Crippen molar-refractivity contribution in [1.29, 1.82) is 0 Å². The molecule has 0 aliphatic rings. The smallest absolute Gasteiger partial charge is 0.138 e. The lowest BCUT2D eigenvalue weighted by Crippen LogP contribution is -2.09. The molecule has 0 bridgehead atoms. The molecule has 2 rings (SSSR count). The van der Waals surface area contributed by atoms with Gasteiger partial charge >= 0.3 is 0 Å². The molecule has 0 heterocycles. The van der Waals surface area contributed by atoms with Crippen molar-refractivity contribution in [2.45, 2.75) is 26.3 Å². The number of nitrogens with one attached hydrogen (secondary N) is 1. The lowest BCUT2D eigenvalue weighted by molar-refractivity contribution is 0.340. The summed E-state index contributed by atoms with van der Waals surface area (Å²) in [4.78, 5) is 0. The maximum atomic E-state index is 9.37. The first-order valence-corrected chi connectivity index (χ1v) is 7.49. The standard InChI is InChI=1S/C17H20ClNO2/c1-3-16(12-5-8-14(20)9-6-12)19-13-7-10-17(21-4-2)15(18)11-13/h5-11,16,19-20H,3-4H2,1-2H3. The Bertz CT molecular complexity index is 584. The van der Waals surface area contributed by atoms with Crippen LogP contribution in [0.15, 0.2) is 42.5 Å². The van der Waals surface area contributed by atoms with Gasteiger partial charge in [0.15, 0.2) is 0 Å². The monoisotopic (exact) mass is 305 g/mol. The molecule has 1 unspecified atom stereocenters. The molecule has 0 radical (unpaired) electrons. The van der Waals surface area contributed by atoms with Crippen molar-refractivity contribution in [3.63, 3.8) is 0 Å². The summed E-state index contributed by atoms with van der Waals surface area (Å²) in [5, 5.41) is 13.4. The van der Waals surface area contributed by atoms with Crippen LogP contribution in [0.2, 0.25) is 5.02 Å². The normalized spacial score (nSPS) is 12.0. The molecule has 0 amide bonds. The maximum absolute atomic E-state index is 9.37. The Kier molecular flexibility index (Phi) is 5.34. The number of benzene rings is 2. The van der Waals surface area contributed by atoms with E-state index in [0.717, 1.165) is 17.7 Å². The van der Waals surface area contributed by atoms with E-state index < -0.39 is 0 Å². The van der Waals surface area contributed by atoms with Crippen molar-refractivity contribution in [3.8, 4) is 11.5 Å². The minimum absolute atomic E-state index is 0.166. The van der Waals surface area contributed by atoms with E-state index in [4.69, 9.17) is 16.3 Å². The van der Waals surface area contributed by atoms with Gasteiger partial charge in [0, 0.05) is 5.69 Å². The predicted molar refractivity (Wildman–Crippen MR) is 87.4 cm³/mol. The molecule has 0 saturated carbocycles. The van der Waals surface area contributed by atoms with E-state index in [1.165, 1.54) is 0 Å². The number of anilines is 1. The second-order valence-corrected chi connectivity index (χ2v) is 5.18. The Morgan fingerprint density at radius 3 is 2.43 bits per heavy atom. The first-order chi connectivity index (χ1) is 10.1. The number of phenols is 1. The van der Waals surface area contributed by atoms with Gasteiger partial charge in [-0.05, 0) is 49.2 Å². The zero-order valence-corrected chi connectivity index (χ0v) is 13.0. The zero-order chi connectivity index (χ0) is 15.2. The highest BCUT2D eigenvalue weighted by molar-refractivity contribution is 6.32. The molecule has 0 aromatic heterocycles. The second-order valence-electron chi connectivity index (χ2n) is 4.77. The molecule has 3 nitrogen and oxygen atoms in total. The number of halogens is 1. The highest BCUT2D eigenvalue weighted by atomic mass is 35.5. The summed E-state index contributed by atoms with van der Waals surface area (Å²) in [7, 11) is 0. The Morgan fingerprint density at radius 1 is 1.14 bits per heavy atom. The summed E-state index contributed by atoms with van der Waals surface area (Å²) in [5.41, 5.74) is 2.07. The van der Waals surface area contributed by atoms with E-state index in [-0.39, 0.29) is 11.8 Å². The molecular formula is C17H20ClNO2. The molecular weight excluding hydrogens is 286 g/mol. The molecule has 0 fully saturated rings. The number of aromatic hydroxyl groups is 1. The third kappa shape index (κ3) is 4.05. The van der Waals surface area contributed by atoms with Gasteiger partial charge in [0.1, 0.15) is 11.5 Å². The van der Waals surface area contributed by atoms with Crippen LogP contribution in [0.1, 0.15) is 31.9 Å². The van der Waals surface area contributed by atoms with Gasteiger partial charge in [-0.1, -0.05) is 30.7 Å². The fourth-order valence-electron chi connectivity index (χ4n) is 2.19. The Morgan fingerprint density at radius 2 is 1.86 bits per heavy atom. The van der Waals surface area contributed by atoms with Gasteiger partial charge < -0.3 is 15.2 Å². The molecule has 2 aromatic carbocycles. The molecule has 1 atom stereocenters. The van der Waals surface area contributed by atoms with E-state index in [0.29, 0.717) is 17.4 Å². The predicted octanol–water partition coefficient (Wildman–Crippen LogP) is 5.01. The van der Waals surface area contributed by atoms with Gasteiger partial charge in [0.25, 0.3) is 0 Å². The van der Waals surface area contributed by atoms with Crippen molar-refractivity contribution in [2.24, 2.45) is 0 Å². The van der Waals surface area contributed by atoms with E-state index in [1.54, 1.807) is 12.1 Å². The first-order valence-electron chi connectivity index (χ1n) is 7.11. The van der Waals surface area contributed by atoms with Gasteiger partial charge in [-0.15, -0.1) is 0 Å². The van der Waals surface area contributed by atoms with Gasteiger partial charge in [0.2, 0.25) is 0 Å². The SMILES string of the molecule is CCOc1ccc(NC(CC)c2ccc(O)cc2)cc1Cl. The molecule has 0 aliphatic carbocycles. The molecule has 0 saturated heterocycles. The first kappa shape index (κ1) is 15.5. The Hall–Kier alpha value is -1.87. The highest BCUT2D eigenvalue weighted by Crippen LogP contribution is 2.30. The Labute approximate surface area is 130 Å². The second kappa shape index (κ2) is 7.23. The zero-order valence-electron chi connectivity index (χ0n) is 12.3. The Balaban J connectivity index is 2.15. The minimum atomic E-state index is 0.166. The van der Waals surface area contributed by atoms with Crippen LogP contribution in [-0.2, 0) is 0 Å². The lowest BCUT2D eigenvalue weighted by atomic mass is 10.0.